The van der Waals surface area contributed by atoms with Crippen molar-refractivity contribution >= 4 is 57.0 Å². The van der Waals surface area contributed by atoms with Gasteiger partial charge in [-0.1, -0.05) is 42.5 Å². The van der Waals surface area contributed by atoms with E-state index < -0.39 is 106 Å². The molecule has 326 valence electrons. The van der Waals surface area contributed by atoms with Gasteiger partial charge in [0, 0.05) is 52.5 Å². The van der Waals surface area contributed by atoms with Crippen molar-refractivity contribution in [3.63, 3.8) is 0 Å². The number of nitrogens with one attached hydrogen (secondary N) is 2. The van der Waals surface area contributed by atoms with E-state index in [0.717, 1.165) is 24.1 Å². The molecule has 3 atom stereocenters. The first-order valence-corrected chi connectivity index (χ1v) is 21.2. The largest absolute Gasteiger partial charge is 0.435 e. The zero-order chi connectivity index (χ0) is 45.0. The monoisotopic (exact) mass is 921 g/mol. The summed E-state index contributed by atoms with van der Waals surface area (Å²) in [5.41, 5.74) is -3.91. The van der Waals surface area contributed by atoms with Gasteiger partial charge in [-0.25, -0.2) is 13.8 Å². The highest BCUT2D eigenvalue weighted by Crippen LogP contribution is 2.52. The Morgan fingerprint density at radius 3 is 2.30 bits per heavy atom. The number of nitrogens with zero attached hydrogens (tertiary/aromatic N) is 5. The first kappa shape index (κ1) is 45.7. The first-order chi connectivity index (χ1) is 28.3. The standard InChI is InChI=1S/C39H34ClF10N7O2S2/c1-19-16-37(43,44)34-29(19)33(39(48,49)50)53-56(34)17-28(58)52-27(14-20-12-21(41)15-22(42)13-20)31-24(7-6-23(51-31)10-11-36(2,3)61(5)59)25-8-9-26(40)30-32(25)57(18-38(45,46)47)54-35(30)55-60-4/h6-9,12-13,15,19,27H,14,16-18H2,1-5H3,(H,52,58)(H,54,55)/t19-,27?,61?/m0/s1. The van der Waals surface area contributed by atoms with Gasteiger partial charge in [-0.15, -0.1) is 0 Å². The molecule has 3 aromatic heterocycles. The maximum atomic E-state index is 15.3. The van der Waals surface area contributed by atoms with Crippen LogP contribution < -0.4 is 10.0 Å². The third kappa shape index (κ3) is 9.81. The van der Waals surface area contributed by atoms with Crippen LogP contribution in [0, 0.1) is 23.5 Å². The van der Waals surface area contributed by atoms with Crippen LogP contribution in [0.2, 0.25) is 5.02 Å². The number of pyridine rings is 1. The number of hydrogen-bond acceptors (Lipinski definition) is 7. The lowest BCUT2D eigenvalue weighted by atomic mass is 9.93. The fourth-order valence-corrected chi connectivity index (χ4v) is 7.84. The van der Waals surface area contributed by atoms with Gasteiger partial charge in [0.1, 0.15) is 40.9 Å². The van der Waals surface area contributed by atoms with Crippen LogP contribution in [0.4, 0.5) is 49.7 Å². The summed E-state index contributed by atoms with van der Waals surface area (Å²) >= 11 is 7.57. The van der Waals surface area contributed by atoms with Crippen LogP contribution in [0.25, 0.3) is 22.0 Å². The molecule has 2 aromatic carbocycles. The summed E-state index contributed by atoms with van der Waals surface area (Å²) in [4.78, 5) is 18.6. The van der Waals surface area contributed by atoms with Gasteiger partial charge in [-0.2, -0.15) is 45.3 Å². The van der Waals surface area contributed by atoms with Crippen molar-refractivity contribution in [2.45, 2.75) is 81.7 Å². The van der Waals surface area contributed by atoms with Gasteiger partial charge in [0.05, 0.1) is 27.7 Å². The zero-order valence-electron chi connectivity index (χ0n) is 32.6. The quantitative estimate of drug-likeness (QED) is 0.0773. The Kier molecular flexibility index (Phi) is 12.6. The molecule has 5 aromatic rings. The Morgan fingerprint density at radius 2 is 1.69 bits per heavy atom. The number of rotatable bonds is 11. The summed E-state index contributed by atoms with van der Waals surface area (Å²) < 4.78 is 159. The van der Waals surface area contributed by atoms with E-state index in [4.69, 9.17) is 11.6 Å². The predicted molar refractivity (Wildman–Crippen MR) is 211 cm³/mol. The molecule has 61 heavy (non-hydrogen) atoms. The van der Waals surface area contributed by atoms with Gasteiger partial charge in [0.25, 0.3) is 5.92 Å². The van der Waals surface area contributed by atoms with E-state index in [0.29, 0.717) is 10.7 Å². The Balaban J connectivity index is 1.59. The summed E-state index contributed by atoms with van der Waals surface area (Å²) in [6, 6.07) is 6.35. The smallest absolute Gasteiger partial charge is 0.346 e. The number of carbonyl (C=O) groups is 1. The maximum absolute atomic E-state index is 15.3. The van der Waals surface area contributed by atoms with Gasteiger partial charge < -0.3 is 10.0 Å². The van der Waals surface area contributed by atoms with Crippen LogP contribution in [-0.4, -0.2) is 58.1 Å². The summed E-state index contributed by atoms with van der Waals surface area (Å²) in [5, 5.41) is 10.1. The number of anilines is 1. The van der Waals surface area contributed by atoms with Crippen LogP contribution in [-0.2, 0) is 47.2 Å². The highest BCUT2D eigenvalue weighted by Gasteiger charge is 2.53. The molecule has 2 unspecified atom stereocenters. The molecular weight excluding hydrogens is 888 g/mol. The Hall–Kier alpha value is -4.81. The van der Waals surface area contributed by atoms with Gasteiger partial charge in [0.15, 0.2) is 11.5 Å². The van der Waals surface area contributed by atoms with Crippen molar-refractivity contribution in [2.24, 2.45) is 0 Å². The lowest BCUT2D eigenvalue weighted by molar-refractivity contribution is -0.143. The summed E-state index contributed by atoms with van der Waals surface area (Å²) in [5.74, 6) is -2.74. The molecule has 0 saturated carbocycles. The minimum Gasteiger partial charge on any atom is -0.346 e. The Morgan fingerprint density at radius 1 is 1.03 bits per heavy atom. The van der Waals surface area contributed by atoms with Gasteiger partial charge >= 0.3 is 12.4 Å². The van der Waals surface area contributed by atoms with E-state index in [2.05, 4.69) is 37.1 Å². The topological polar surface area (TPSA) is 107 Å². The van der Waals surface area contributed by atoms with E-state index in [1.165, 1.54) is 37.4 Å². The maximum Gasteiger partial charge on any atom is 0.435 e. The third-order valence-electron chi connectivity index (χ3n) is 9.78. The molecule has 0 aliphatic heterocycles. The summed E-state index contributed by atoms with van der Waals surface area (Å²) in [6.07, 6.45) is -8.44. The molecule has 1 amide bonds. The number of halogens is 11. The molecule has 1 aliphatic rings. The van der Waals surface area contributed by atoms with Crippen molar-refractivity contribution in [2.75, 3.05) is 17.2 Å². The van der Waals surface area contributed by atoms with Crippen molar-refractivity contribution in [1.29, 1.82) is 0 Å². The van der Waals surface area contributed by atoms with Crippen molar-refractivity contribution in [3.05, 3.63) is 93.0 Å². The molecular formula is C39H34ClF10N7O2S2. The van der Waals surface area contributed by atoms with Crippen LogP contribution in [0.15, 0.2) is 42.5 Å². The minimum atomic E-state index is -5.16. The number of alkyl halides is 8. The second-order valence-corrected chi connectivity index (χ2v) is 17.7. The highest BCUT2D eigenvalue weighted by molar-refractivity contribution is 7.99. The lowest BCUT2D eigenvalue weighted by Gasteiger charge is -2.23. The second kappa shape index (κ2) is 16.8. The van der Waals surface area contributed by atoms with E-state index in [9.17, 15) is 44.1 Å². The Bertz CT molecular complexity index is 2590. The fraction of sp³-hybridized carbons (Fsp3) is 0.385. The average molecular weight is 922 g/mol. The fourth-order valence-electron chi connectivity index (χ4n) is 7.07. The van der Waals surface area contributed by atoms with Crippen molar-refractivity contribution < 1.29 is 52.9 Å². The molecule has 2 N–H and O–H groups in total. The summed E-state index contributed by atoms with van der Waals surface area (Å²) in [6.45, 7) is 1.56. The number of amides is 1. The molecule has 6 rings (SSSR count). The van der Waals surface area contributed by atoms with Crippen LogP contribution >= 0.6 is 23.5 Å². The predicted octanol–water partition coefficient (Wildman–Crippen LogP) is 9.71. The molecule has 0 radical (unpaired) electrons. The normalized spacial score (nSPS) is 16.2. The Labute approximate surface area is 353 Å². The first-order valence-electron chi connectivity index (χ1n) is 18.0. The highest BCUT2D eigenvalue weighted by atomic mass is 35.5. The molecule has 1 aliphatic carbocycles. The number of aromatic nitrogens is 5. The molecule has 0 saturated heterocycles. The SMILES string of the molecule is CSNc1nn(CC(F)(F)F)c2c(-c3ccc(C#CC(C)(C)S(C)=O)nc3C(Cc3cc(F)cc(F)c3)NC(=O)Cn3nc(C(F)(F)F)c4c3C(F)(F)C[C@@H]4C)ccc(Cl)c12. The molecule has 0 spiro atoms. The van der Waals surface area contributed by atoms with Gasteiger partial charge in [0.2, 0.25) is 5.91 Å². The average Bonchev–Trinajstić information content (AvgIpc) is 3.76. The molecule has 3 heterocycles. The van der Waals surface area contributed by atoms with E-state index in [1.54, 1.807) is 20.1 Å². The third-order valence-corrected chi connectivity index (χ3v) is 12.0. The molecule has 9 nitrogen and oxygen atoms in total. The van der Waals surface area contributed by atoms with Gasteiger partial charge in [-0.05, 0) is 68.0 Å². The van der Waals surface area contributed by atoms with E-state index in [-0.39, 0.29) is 54.5 Å². The van der Waals surface area contributed by atoms with Crippen LogP contribution in [0.1, 0.15) is 73.1 Å². The number of carbonyl (C=O) groups excluding carboxylic acids is 1. The number of benzene rings is 2. The summed E-state index contributed by atoms with van der Waals surface area (Å²) in [7, 11) is -1.48. The van der Waals surface area contributed by atoms with Gasteiger partial charge in [-0.3, -0.25) is 18.4 Å². The molecule has 22 heteroatoms. The molecule has 0 bridgehead atoms. The second-order valence-electron chi connectivity index (χ2n) is 14.8. The van der Waals surface area contributed by atoms with Crippen molar-refractivity contribution in [3.8, 4) is 23.0 Å². The van der Waals surface area contributed by atoms with Crippen molar-refractivity contribution in [1.82, 2.24) is 29.9 Å². The minimum absolute atomic E-state index is 0.00597. The number of hydrogen-bond donors (Lipinski definition) is 2. The zero-order valence-corrected chi connectivity index (χ0v) is 34.9. The van der Waals surface area contributed by atoms with E-state index in [1.807, 2.05) is 0 Å². The lowest BCUT2D eigenvalue weighted by Crippen LogP contribution is -2.35. The van der Waals surface area contributed by atoms with Crippen LogP contribution in [0.3, 0.4) is 0 Å². The molecule has 0 fully saturated rings. The van der Waals surface area contributed by atoms with Crippen LogP contribution in [0.5, 0.6) is 0 Å². The number of fused-ring (bicyclic) bond motifs is 2. The van der Waals surface area contributed by atoms with E-state index >= 15 is 8.78 Å².